The fraction of sp³-hybridized carbons (Fsp3) is 1.00. The van der Waals surface area contributed by atoms with Crippen molar-refractivity contribution in [2.24, 2.45) is 0 Å². The Morgan fingerprint density at radius 2 is 1.17 bits per heavy atom. The summed E-state index contributed by atoms with van der Waals surface area (Å²) in [5, 5.41) is 17.7. The molecule has 0 fully saturated rings. The molecule has 0 bridgehead atoms. The van der Waals surface area contributed by atoms with Crippen molar-refractivity contribution in [2.45, 2.75) is 105 Å². The number of nitrogens with zero attached hydrogens (tertiary/aromatic N) is 4. The van der Waals surface area contributed by atoms with Crippen molar-refractivity contribution in [2.75, 3.05) is 19.8 Å². The molecule has 0 N–H and O–H groups in total. The maximum absolute atomic E-state index is 4.55. The number of hydrogen-bond donors (Lipinski definition) is 0. The quantitative estimate of drug-likeness (QED) is 0.384. The van der Waals surface area contributed by atoms with Crippen LogP contribution < -0.4 is 0 Å². The monoisotopic (exact) mass is 385 g/mol. The zero-order valence-electron chi connectivity index (χ0n) is 17.6. The average Bonchev–Trinajstić information content (AvgIpc) is 2.44. The van der Waals surface area contributed by atoms with E-state index < -0.39 is 0 Å². The second-order valence-electron chi connectivity index (χ2n) is 7.10. The van der Waals surface area contributed by atoms with Gasteiger partial charge in [0.25, 0.3) is 0 Å². The molecule has 0 aromatic heterocycles. The minimum atomic E-state index is 0. The predicted molar refractivity (Wildman–Crippen MR) is 107 cm³/mol. The first-order valence-corrected chi connectivity index (χ1v) is 9.38. The minimum absolute atomic E-state index is 0. The van der Waals surface area contributed by atoms with Crippen LogP contribution in [0, 0.1) is 0 Å². The number of hydrogen-bond acceptors (Lipinski definition) is 0. The van der Waals surface area contributed by atoms with Crippen molar-refractivity contribution < 1.29 is 16.8 Å². The summed E-state index contributed by atoms with van der Waals surface area (Å²) in [5.41, 5.74) is 0.0678. The Kier molecular flexibility index (Phi) is 22.0. The molecule has 0 spiro atoms. The Bertz CT molecular complexity index is 230. The Balaban J connectivity index is -0.000000364. The maximum Gasteiger partial charge on any atom is 0 e. The van der Waals surface area contributed by atoms with Crippen LogP contribution in [0.4, 0.5) is 0 Å². The molecule has 0 aliphatic carbocycles. The molecular formula is C19H42CoN4-4. The first-order chi connectivity index (χ1) is 10.7. The van der Waals surface area contributed by atoms with E-state index in [1.807, 2.05) is 0 Å². The normalized spacial score (nSPS) is 13.8. The summed E-state index contributed by atoms with van der Waals surface area (Å²) in [6.45, 7) is 21.6. The molecule has 2 atom stereocenters. The largest absolute Gasteiger partial charge is 0.678 e. The minimum Gasteiger partial charge on any atom is -0.678 e. The van der Waals surface area contributed by atoms with E-state index in [9.17, 15) is 0 Å². The first-order valence-electron chi connectivity index (χ1n) is 9.38. The van der Waals surface area contributed by atoms with Gasteiger partial charge in [-0.2, -0.15) is 13.1 Å². The zero-order chi connectivity index (χ0) is 18.3. The van der Waals surface area contributed by atoms with Gasteiger partial charge in [0.05, 0.1) is 0 Å². The van der Waals surface area contributed by atoms with Gasteiger partial charge < -0.3 is 21.3 Å². The molecule has 0 saturated heterocycles. The molecule has 0 rings (SSSR count). The Labute approximate surface area is 163 Å². The second kappa shape index (κ2) is 18.1. The molecule has 4 nitrogen and oxygen atoms in total. The first kappa shape index (κ1) is 29.1. The smallest absolute Gasteiger partial charge is 0 e. The molecule has 0 aromatic rings. The van der Waals surface area contributed by atoms with Crippen molar-refractivity contribution in [3.05, 3.63) is 21.3 Å². The van der Waals surface area contributed by atoms with Crippen LogP contribution in [0.15, 0.2) is 0 Å². The van der Waals surface area contributed by atoms with Crippen LogP contribution in [0.1, 0.15) is 81.6 Å². The fourth-order valence-corrected chi connectivity index (χ4v) is 1.99. The maximum atomic E-state index is 4.55. The Morgan fingerprint density at radius 3 is 1.42 bits per heavy atom. The SMILES string of the molecule is CC(C)[N-]C[N-]C(C)(C)C.CC[N-]C(CC)CC(CC)[N-]CC.[Co]. The molecule has 151 valence electrons. The van der Waals surface area contributed by atoms with E-state index in [1.54, 1.807) is 0 Å². The third kappa shape index (κ3) is 22.3. The molecule has 0 amide bonds. The van der Waals surface area contributed by atoms with Crippen LogP contribution in [0.3, 0.4) is 0 Å². The van der Waals surface area contributed by atoms with Gasteiger partial charge in [-0.25, -0.2) is 0 Å². The van der Waals surface area contributed by atoms with Crippen molar-refractivity contribution in [3.8, 4) is 0 Å². The van der Waals surface area contributed by atoms with Crippen LogP contribution in [0.2, 0.25) is 0 Å². The average molecular weight is 386 g/mol. The van der Waals surface area contributed by atoms with Crippen molar-refractivity contribution in [1.82, 2.24) is 0 Å². The van der Waals surface area contributed by atoms with Gasteiger partial charge in [0, 0.05) is 16.8 Å². The Morgan fingerprint density at radius 1 is 0.750 bits per heavy atom. The summed E-state index contributed by atoms with van der Waals surface area (Å²) in [6.07, 6.45) is 3.46. The molecule has 0 aliphatic heterocycles. The van der Waals surface area contributed by atoms with E-state index in [0.29, 0.717) is 24.8 Å². The van der Waals surface area contributed by atoms with E-state index in [2.05, 4.69) is 83.6 Å². The summed E-state index contributed by atoms with van der Waals surface area (Å²) >= 11 is 0. The zero-order valence-corrected chi connectivity index (χ0v) is 18.6. The molecule has 0 heterocycles. The van der Waals surface area contributed by atoms with E-state index in [-0.39, 0.29) is 22.3 Å². The van der Waals surface area contributed by atoms with Gasteiger partial charge in [-0.05, 0) is 0 Å². The van der Waals surface area contributed by atoms with Crippen LogP contribution in [-0.2, 0) is 16.8 Å². The van der Waals surface area contributed by atoms with Crippen molar-refractivity contribution >= 4 is 0 Å². The summed E-state index contributed by atoms with van der Waals surface area (Å²) in [7, 11) is 0. The number of rotatable bonds is 11. The molecule has 0 saturated carbocycles. The van der Waals surface area contributed by atoms with Crippen LogP contribution in [0.25, 0.3) is 21.3 Å². The molecule has 2 unspecified atom stereocenters. The molecule has 24 heavy (non-hydrogen) atoms. The van der Waals surface area contributed by atoms with Gasteiger partial charge in [-0.1, -0.05) is 81.6 Å². The van der Waals surface area contributed by atoms with Gasteiger partial charge in [0.2, 0.25) is 0 Å². The van der Waals surface area contributed by atoms with E-state index >= 15 is 0 Å². The van der Waals surface area contributed by atoms with E-state index in [1.165, 1.54) is 0 Å². The standard InChI is InChI=1S/C11H24N2.C8H18N2.Co/c1-5-10(12-7-3)9-11(6-2)13-8-4;1-7(2)9-6-10-8(3,4)5;/h10-11H,5-9H2,1-4H3;7H,6H2,1-5H3;/q2*-2;. The summed E-state index contributed by atoms with van der Waals surface area (Å²) in [5.74, 6) is 0. The van der Waals surface area contributed by atoms with Gasteiger partial charge in [-0.15, -0.1) is 23.7 Å². The van der Waals surface area contributed by atoms with Crippen LogP contribution in [0.5, 0.6) is 0 Å². The molecule has 0 aliphatic rings. The molecule has 1 radical (unpaired) electrons. The van der Waals surface area contributed by atoms with Gasteiger partial charge in [-0.3, -0.25) is 6.67 Å². The summed E-state index contributed by atoms with van der Waals surface area (Å²) < 4.78 is 0. The summed E-state index contributed by atoms with van der Waals surface area (Å²) in [6, 6.07) is 1.47. The predicted octanol–water partition coefficient (Wildman–Crippen LogP) is 6.62. The Hall–Kier alpha value is 0.346. The fourth-order valence-electron chi connectivity index (χ4n) is 1.99. The van der Waals surface area contributed by atoms with Crippen molar-refractivity contribution in [1.29, 1.82) is 0 Å². The third-order valence-corrected chi connectivity index (χ3v) is 3.36. The third-order valence-electron chi connectivity index (χ3n) is 3.36. The van der Waals surface area contributed by atoms with Gasteiger partial charge in [0.15, 0.2) is 0 Å². The van der Waals surface area contributed by atoms with Gasteiger partial charge >= 0.3 is 0 Å². The van der Waals surface area contributed by atoms with E-state index in [4.69, 9.17) is 0 Å². The van der Waals surface area contributed by atoms with Crippen molar-refractivity contribution in [3.63, 3.8) is 0 Å². The van der Waals surface area contributed by atoms with Crippen LogP contribution in [-0.4, -0.2) is 43.4 Å². The van der Waals surface area contributed by atoms with Crippen LogP contribution >= 0.6 is 0 Å². The molecular weight excluding hydrogens is 343 g/mol. The molecule has 5 heteroatoms. The second-order valence-corrected chi connectivity index (χ2v) is 7.10. The molecule has 0 aromatic carbocycles. The summed E-state index contributed by atoms with van der Waals surface area (Å²) in [4.78, 5) is 0. The van der Waals surface area contributed by atoms with E-state index in [0.717, 1.165) is 32.4 Å². The van der Waals surface area contributed by atoms with Gasteiger partial charge in [0.1, 0.15) is 0 Å². The topological polar surface area (TPSA) is 56.4 Å².